The number of rotatable bonds is 8. The minimum absolute atomic E-state index is 0. The van der Waals surface area contributed by atoms with E-state index in [0.29, 0.717) is 6.17 Å². The normalized spacial score (nSPS) is 13.3. The smallest absolute Gasteiger partial charge is 0.164 e. The van der Waals surface area contributed by atoms with Crippen molar-refractivity contribution in [3.8, 4) is 0 Å². The zero-order valence-electron chi connectivity index (χ0n) is 30.1. The van der Waals surface area contributed by atoms with E-state index in [0.717, 1.165) is 58.4 Å². The van der Waals surface area contributed by atoms with Gasteiger partial charge in [-0.3, -0.25) is 4.79 Å². The number of fused-ring (bicyclic) bond motifs is 5. The first-order valence-corrected chi connectivity index (χ1v) is 20.0. The van der Waals surface area contributed by atoms with Crippen LogP contribution >= 0.6 is 0 Å². The molecule has 0 fully saturated rings. The van der Waals surface area contributed by atoms with Gasteiger partial charge in [0, 0.05) is 54.2 Å². The van der Waals surface area contributed by atoms with E-state index in [-0.39, 0.29) is 42.5 Å². The van der Waals surface area contributed by atoms with E-state index in [2.05, 4.69) is 79.5 Å². The summed E-state index contributed by atoms with van der Waals surface area (Å²) in [5, 5.41) is 17.3. The molecule has 0 spiro atoms. The summed E-state index contributed by atoms with van der Waals surface area (Å²) >= 11 is 0. The number of pyridine rings is 2. The Kier molecular flexibility index (Phi) is 9.85. The summed E-state index contributed by atoms with van der Waals surface area (Å²) in [6.45, 7) is 21.3. The number of aliphatic hydroxyl groups is 1. The van der Waals surface area contributed by atoms with Gasteiger partial charge in [0.1, 0.15) is 5.76 Å². The number of allylic oxidation sites excluding steroid dienone is 2. The fraction of sp³-hybridized carbons (Fsp3) is 0.400. The third-order valence-corrected chi connectivity index (χ3v) is 12.6. The average molecular weight is 811 g/mol. The Hall–Kier alpha value is -3.05. The van der Waals surface area contributed by atoms with Crippen LogP contribution in [0.3, 0.4) is 0 Å². The summed E-state index contributed by atoms with van der Waals surface area (Å²) in [6.07, 6.45) is 5.07. The van der Waals surface area contributed by atoms with Gasteiger partial charge in [0.25, 0.3) is 0 Å². The molecule has 245 valence electrons. The minimum atomic E-state index is -1.54. The molecule has 0 aliphatic rings. The molecule has 0 unspecified atom stereocenters. The van der Waals surface area contributed by atoms with Crippen LogP contribution in [0.15, 0.2) is 66.5 Å². The molecule has 0 amide bonds. The van der Waals surface area contributed by atoms with Gasteiger partial charge in [0.05, 0.1) is 9.44 Å². The molecule has 1 radical (unpaired) electrons. The van der Waals surface area contributed by atoms with Crippen LogP contribution in [0.25, 0.3) is 49.0 Å². The zero-order chi connectivity index (χ0) is 33.8. The van der Waals surface area contributed by atoms with Crippen molar-refractivity contribution < 1.29 is 31.4 Å². The van der Waals surface area contributed by atoms with Crippen molar-refractivity contribution in [2.24, 2.45) is 10.8 Å². The summed E-state index contributed by atoms with van der Waals surface area (Å²) < 4.78 is 10.8. The Balaban J connectivity index is 0.000000242. The topological polar surface area (TPSA) is 54.6 Å². The molecular weight excluding hydrogens is 761 g/mol. The third-order valence-electron chi connectivity index (χ3n) is 10.6. The van der Waals surface area contributed by atoms with Gasteiger partial charge in [0.15, 0.2) is 5.78 Å². The Labute approximate surface area is 290 Å². The standard InChI is InChI=1S/C25H21N2Si.C15H28O2.Ir/c1-15-11-19-18-7-5-6-8-21(18)27-22-14-17(28(2,3)4)13-16-9-10-26-24(23(16)22)20(12-15)25(19)27;1-7-14(5,8-2)12(16)11-13(17)15(6,9-3)10-4;/h5-11,13-14H,1-4H3;11,16H,7-10H2,1-6H3;/q-1;;/b;12-11-;/i10D;;. The van der Waals surface area contributed by atoms with Gasteiger partial charge in [-0.05, 0) is 71.1 Å². The van der Waals surface area contributed by atoms with E-state index in [1.165, 1.54) is 33.1 Å². The second-order valence-electron chi connectivity index (χ2n) is 14.3. The van der Waals surface area contributed by atoms with Crippen LogP contribution < -0.4 is 5.19 Å². The van der Waals surface area contributed by atoms with Crippen LogP contribution in [0.5, 0.6) is 0 Å². The molecule has 0 aliphatic carbocycles. The van der Waals surface area contributed by atoms with Crippen molar-refractivity contribution in [1.29, 1.82) is 0 Å². The van der Waals surface area contributed by atoms with Crippen molar-refractivity contribution in [2.45, 2.75) is 93.8 Å². The first-order chi connectivity index (χ1) is 21.6. The number of para-hydroxylation sites is 1. The Bertz CT molecular complexity index is 2120. The number of nitrogens with zero attached hydrogens (tertiary/aromatic N) is 2. The molecule has 3 heterocycles. The number of hydrogen-bond acceptors (Lipinski definition) is 3. The van der Waals surface area contributed by atoms with E-state index in [4.69, 9.17) is 6.35 Å². The van der Waals surface area contributed by atoms with Crippen LogP contribution in [0.1, 0.15) is 74.2 Å². The molecule has 3 aromatic carbocycles. The van der Waals surface area contributed by atoms with Gasteiger partial charge >= 0.3 is 0 Å². The number of benzene rings is 3. The van der Waals surface area contributed by atoms with Crippen LogP contribution in [0.4, 0.5) is 0 Å². The van der Waals surface area contributed by atoms with Crippen molar-refractivity contribution in [3.05, 3.63) is 78.2 Å². The van der Waals surface area contributed by atoms with E-state index >= 15 is 0 Å². The zero-order valence-corrected chi connectivity index (χ0v) is 32.5. The van der Waals surface area contributed by atoms with E-state index in [9.17, 15) is 9.90 Å². The molecule has 0 atom stereocenters. The number of hydrogen-bond donors (Lipinski definition) is 1. The van der Waals surface area contributed by atoms with Crippen molar-refractivity contribution in [1.82, 2.24) is 9.38 Å². The number of carbonyl (C=O) groups is 1. The molecule has 46 heavy (non-hydrogen) atoms. The Morgan fingerprint density at radius 3 is 2.20 bits per heavy atom. The first kappa shape index (κ1) is 34.3. The predicted octanol–water partition coefficient (Wildman–Crippen LogP) is 10.7. The van der Waals surface area contributed by atoms with Gasteiger partial charge < -0.3 is 14.5 Å². The molecule has 4 nitrogen and oxygen atoms in total. The summed E-state index contributed by atoms with van der Waals surface area (Å²) in [4.78, 5) is 16.9. The minimum Gasteiger partial charge on any atom is -0.512 e. The fourth-order valence-electron chi connectivity index (χ4n) is 6.30. The van der Waals surface area contributed by atoms with Crippen molar-refractivity contribution >= 4 is 68.0 Å². The predicted molar refractivity (Wildman–Crippen MR) is 196 cm³/mol. The number of aromatic nitrogens is 2. The molecule has 0 bridgehead atoms. The molecule has 0 saturated heterocycles. The maximum atomic E-state index is 12.2. The molecule has 3 aromatic heterocycles. The first-order valence-electron chi connectivity index (χ1n) is 17.0. The quantitative estimate of drug-likeness (QED) is 0.0416. The third kappa shape index (κ3) is 6.05. The van der Waals surface area contributed by atoms with Gasteiger partial charge in [0.2, 0.25) is 0 Å². The van der Waals surface area contributed by atoms with Gasteiger partial charge in [-0.15, -0.1) is 17.7 Å². The number of carbonyl (C=O) groups excluding carboxylic acids is 1. The maximum Gasteiger partial charge on any atom is 0.164 e. The maximum absolute atomic E-state index is 12.2. The molecule has 1 N–H and O–H groups in total. The summed E-state index contributed by atoms with van der Waals surface area (Å²) in [6, 6.07) is 21.0. The van der Waals surface area contributed by atoms with Gasteiger partial charge in [-0.1, -0.05) is 108 Å². The SMILES string of the molecule is CCC(C)(CC)C(=O)/C=C(\O)C(C)(CC)CC.[2H]c1cc2cc([Si](C)(C)C)cc3c2c(n1)c1[c-]c(C)cc2c4ccccc4n3c12.[Ir]. The summed E-state index contributed by atoms with van der Waals surface area (Å²) in [5.74, 6) is 0.286. The van der Waals surface area contributed by atoms with Crippen LogP contribution in [0.2, 0.25) is 19.6 Å². The molecule has 0 saturated carbocycles. The fourth-order valence-corrected chi connectivity index (χ4v) is 7.46. The number of aryl methyl sites for hydroxylation is 1. The second-order valence-corrected chi connectivity index (χ2v) is 19.4. The van der Waals surface area contributed by atoms with Crippen molar-refractivity contribution in [3.63, 3.8) is 0 Å². The second kappa shape index (κ2) is 13.2. The van der Waals surface area contributed by atoms with Crippen LogP contribution in [-0.4, -0.2) is 28.3 Å². The van der Waals surface area contributed by atoms with E-state index in [1.54, 1.807) is 0 Å². The van der Waals surface area contributed by atoms with Crippen LogP contribution in [-0.2, 0) is 24.9 Å². The monoisotopic (exact) mass is 811 g/mol. The average Bonchev–Trinajstić information content (AvgIpc) is 3.36. The largest absolute Gasteiger partial charge is 0.512 e. The van der Waals surface area contributed by atoms with Crippen LogP contribution in [0, 0.1) is 23.8 Å². The summed E-state index contributed by atoms with van der Waals surface area (Å²) in [7, 11) is -1.54. The molecular formula is C40H49IrN2O2Si-. The van der Waals surface area contributed by atoms with Crippen molar-refractivity contribution in [2.75, 3.05) is 0 Å². The Morgan fingerprint density at radius 2 is 1.59 bits per heavy atom. The molecule has 6 aromatic rings. The summed E-state index contributed by atoms with van der Waals surface area (Å²) in [5.41, 5.74) is 4.97. The molecule has 6 heteroatoms. The molecule has 6 rings (SSSR count). The van der Waals surface area contributed by atoms with E-state index < -0.39 is 8.07 Å². The number of aliphatic hydroxyl groups excluding tert-OH is 1. The van der Waals surface area contributed by atoms with E-state index in [1.807, 2.05) is 47.6 Å². The Morgan fingerprint density at radius 1 is 0.957 bits per heavy atom. The number of ketones is 1. The van der Waals surface area contributed by atoms with Gasteiger partial charge in [-0.2, -0.15) is 0 Å². The van der Waals surface area contributed by atoms with Gasteiger partial charge in [-0.25, -0.2) is 0 Å². The molecule has 0 aliphatic heterocycles.